The Balaban J connectivity index is 1.64. The lowest BCUT2D eigenvalue weighted by atomic mass is 9.84. The van der Waals surface area contributed by atoms with Crippen LogP contribution in [0.2, 0.25) is 5.02 Å². The fourth-order valence-electron chi connectivity index (χ4n) is 3.32. The Bertz CT molecular complexity index is 444. The maximum atomic E-state index is 6.07. The van der Waals surface area contributed by atoms with E-state index in [2.05, 4.69) is 10.2 Å². The normalized spacial score (nSPS) is 29.5. The zero-order chi connectivity index (χ0) is 13.2. The number of nitrogens with zero attached hydrogens (tertiary/aromatic N) is 1. The molecule has 3 nitrogen and oxygen atoms in total. The molecule has 3 saturated heterocycles. The molecular formula is C15H21ClN2O. The third-order valence-corrected chi connectivity index (χ3v) is 4.69. The van der Waals surface area contributed by atoms with Gasteiger partial charge in [0.25, 0.3) is 0 Å². The number of hydrogen-bond donors (Lipinski definition) is 1. The van der Waals surface area contributed by atoms with Crippen molar-refractivity contribution in [3.63, 3.8) is 0 Å². The van der Waals surface area contributed by atoms with Gasteiger partial charge in [-0.2, -0.15) is 0 Å². The molecular weight excluding hydrogens is 260 g/mol. The van der Waals surface area contributed by atoms with E-state index >= 15 is 0 Å². The topological polar surface area (TPSA) is 24.5 Å². The van der Waals surface area contributed by atoms with E-state index in [-0.39, 0.29) is 0 Å². The molecule has 1 aromatic rings. The summed E-state index contributed by atoms with van der Waals surface area (Å²) < 4.78 is 5.39. The van der Waals surface area contributed by atoms with Crippen molar-refractivity contribution in [2.45, 2.75) is 25.4 Å². The minimum atomic E-state index is 0.617. The Morgan fingerprint density at radius 3 is 2.79 bits per heavy atom. The minimum absolute atomic E-state index is 0.617. The van der Waals surface area contributed by atoms with Gasteiger partial charge in [-0.1, -0.05) is 11.6 Å². The van der Waals surface area contributed by atoms with Gasteiger partial charge in [0, 0.05) is 29.7 Å². The van der Waals surface area contributed by atoms with Crippen molar-refractivity contribution >= 4 is 11.6 Å². The molecule has 0 aromatic heterocycles. The molecule has 1 aromatic carbocycles. The molecule has 3 heterocycles. The quantitative estimate of drug-likeness (QED) is 0.917. The van der Waals surface area contributed by atoms with E-state index in [1.807, 2.05) is 18.2 Å². The van der Waals surface area contributed by atoms with Crippen molar-refractivity contribution in [1.82, 2.24) is 10.2 Å². The van der Waals surface area contributed by atoms with Crippen molar-refractivity contribution < 1.29 is 4.74 Å². The summed E-state index contributed by atoms with van der Waals surface area (Å²) in [6, 6.07) is 6.43. The van der Waals surface area contributed by atoms with E-state index in [0.717, 1.165) is 28.8 Å². The first-order valence-electron chi connectivity index (χ1n) is 7.04. The molecule has 4 heteroatoms. The molecule has 0 amide bonds. The van der Waals surface area contributed by atoms with Crippen LogP contribution in [-0.2, 0) is 6.54 Å². The zero-order valence-electron chi connectivity index (χ0n) is 11.4. The van der Waals surface area contributed by atoms with Crippen LogP contribution in [0.25, 0.3) is 0 Å². The molecule has 3 aliphatic rings. The number of ether oxygens (including phenoxy) is 1. The van der Waals surface area contributed by atoms with Gasteiger partial charge in [0.2, 0.25) is 0 Å². The van der Waals surface area contributed by atoms with Crippen LogP contribution < -0.4 is 10.1 Å². The fourth-order valence-corrected chi connectivity index (χ4v) is 3.52. The molecule has 0 radical (unpaired) electrons. The van der Waals surface area contributed by atoms with E-state index in [1.165, 1.54) is 32.5 Å². The number of nitrogens with one attached hydrogen (secondary N) is 1. The molecule has 104 valence electrons. The van der Waals surface area contributed by atoms with Gasteiger partial charge in [0.05, 0.1) is 7.11 Å². The van der Waals surface area contributed by atoms with Gasteiger partial charge in [0.15, 0.2) is 0 Å². The summed E-state index contributed by atoms with van der Waals surface area (Å²) in [5, 5.41) is 4.46. The van der Waals surface area contributed by atoms with Crippen LogP contribution in [0.5, 0.6) is 5.75 Å². The summed E-state index contributed by atoms with van der Waals surface area (Å²) in [6.45, 7) is 4.58. The molecule has 19 heavy (non-hydrogen) atoms. The van der Waals surface area contributed by atoms with Crippen LogP contribution >= 0.6 is 11.6 Å². The highest BCUT2D eigenvalue weighted by molar-refractivity contribution is 6.30. The fraction of sp³-hybridized carbons (Fsp3) is 0.600. The zero-order valence-corrected chi connectivity index (χ0v) is 12.1. The van der Waals surface area contributed by atoms with E-state index in [4.69, 9.17) is 16.3 Å². The number of methoxy groups -OCH3 is 1. The Morgan fingerprint density at radius 2 is 2.16 bits per heavy atom. The highest BCUT2D eigenvalue weighted by Crippen LogP contribution is 2.28. The molecule has 0 aliphatic carbocycles. The third-order valence-electron chi connectivity index (χ3n) is 4.45. The lowest BCUT2D eigenvalue weighted by Gasteiger charge is -2.45. The van der Waals surface area contributed by atoms with E-state index in [1.54, 1.807) is 7.11 Å². The van der Waals surface area contributed by atoms with Crippen LogP contribution in [-0.4, -0.2) is 37.7 Å². The predicted molar refractivity (Wildman–Crippen MR) is 77.8 cm³/mol. The Kier molecular flexibility index (Phi) is 3.96. The largest absolute Gasteiger partial charge is 0.496 e. The highest BCUT2D eigenvalue weighted by atomic mass is 35.5. The first-order valence-corrected chi connectivity index (χ1v) is 7.42. The number of piperidine rings is 3. The summed E-state index contributed by atoms with van der Waals surface area (Å²) in [4.78, 5) is 2.56. The first-order chi connectivity index (χ1) is 9.26. The standard InChI is InChI=1S/C15H21ClN2O/c1-19-15-3-2-13(16)8-12(15)9-17-14-10-18-6-4-11(14)5-7-18/h2-3,8,11,14,17H,4-7,9-10H2,1H3. The van der Waals surface area contributed by atoms with E-state index < -0.39 is 0 Å². The number of halogens is 1. The van der Waals surface area contributed by atoms with Gasteiger partial charge in [-0.3, -0.25) is 0 Å². The smallest absolute Gasteiger partial charge is 0.123 e. The first kappa shape index (κ1) is 13.2. The Morgan fingerprint density at radius 1 is 1.37 bits per heavy atom. The number of hydrogen-bond acceptors (Lipinski definition) is 3. The Hall–Kier alpha value is -0.770. The van der Waals surface area contributed by atoms with Crippen LogP contribution in [0.3, 0.4) is 0 Å². The number of fused-ring (bicyclic) bond motifs is 3. The molecule has 0 saturated carbocycles. The van der Waals surface area contributed by atoms with Crippen molar-refractivity contribution in [3.8, 4) is 5.75 Å². The van der Waals surface area contributed by atoms with Crippen LogP contribution in [0.4, 0.5) is 0 Å². The summed E-state index contributed by atoms with van der Waals surface area (Å²) in [5.41, 5.74) is 1.14. The van der Waals surface area contributed by atoms with Crippen LogP contribution in [0.1, 0.15) is 18.4 Å². The van der Waals surface area contributed by atoms with Gasteiger partial charge < -0.3 is 15.0 Å². The second-order valence-electron chi connectivity index (χ2n) is 5.58. The molecule has 1 atom stereocenters. The van der Waals surface area contributed by atoms with Crippen LogP contribution in [0.15, 0.2) is 18.2 Å². The van der Waals surface area contributed by atoms with E-state index in [9.17, 15) is 0 Å². The van der Waals surface area contributed by atoms with Crippen molar-refractivity contribution in [1.29, 1.82) is 0 Å². The predicted octanol–water partition coefficient (Wildman–Crippen LogP) is 2.53. The van der Waals surface area contributed by atoms with Crippen LogP contribution in [0, 0.1) is 5.92 Å². The van der Waals surface area contributed by atoms with Crippen molar-refractivity contribution in [2.75, 3.05) is 26.7 Å². The maximum Gasteiger partial charge on any atom is 0.123 e. The third kappa shape index (κ3) is 2.88. The lowest BCUT2D eigenvalue weighted by Crippen LogP contribution is -2.55. The maximum absolute atomic E-state index is 6.07. The second kappa shape index (κ2) is 5.70. The minimum Gasteiger partial charge on any atom is -0.496 e. The van der Waals surface area contributed by atoms with Gasteiger partial charge >= 0.3 is 0 Å². The summed E-state index contributed by atoms with van der Waals surface area (Å²) >= 11 is 6.07. The number of benzene rings is 1. The summed E-state index contributed by atoms with van der Waals surface area (Å²) in [5.74, 6) is 1.76. The number of rotatable bonds is 4. The molecule has 2 bridgehead atoms. The SMILES string of the molecule is COc1ccc(Cl)cc1CNC1CN2CCC1CC2. The average Bonchev–Trinajstić information content (AvgIpc) is 2.46. The Labute approximate surface area is 119 Å². The van der Waals surface area contributed by atoms with Crippen molar-refractivity contribution in [3.05, 3.63) is 28.8 Å². The highest BCUT2D eigenvalue weighted by Gasteiger charge is 2.33. The van der Waals surface area contributed by atoms with Gasteiger partial charge in [-0.25, -0.2) is 0 Å². The van der Waals surface area contributed by atoms with Crippen molar-refractivity contribution in [2.24, 2.45) is 5.92 Å². The summed E-state index contributed by atoms with van der Waals surface area (Å²) in [6.07, 6.45) is 2.68. The molecule has 3 aliphatic heterocycles. The van der Waals surface area contributed by atoms with Gasteiger partial charge in [-0.15, -0.1) is 0 Å². The molecule has 4 rings (SSSR count). The molecule has 1 unspecified atom stereocenters. The molecule has 3 fully saturated rings. The van der Waals surface area contributed by atoms with E-state index in [0.29, 0.717) is 6.04 Å². The monoisotopic (exact) mass is 280 g/mol. The van der Waals surface area contributed by atoms with Gasteiger partial charge in [-0.05, 0) is 50.0 Å². The summed E-state index contributed by atoms with van der Waals surface area (Å²) in [7, 11) is 1.71. The lowest BCUT2D eigenvalue weighted by molar-refractivity contribution is 0.0719. The molecule has 0 spiro atoms. The van der Waals surface area contributed by atoms with Gasteiger partial charge in [0.1, 0.15) is 5.75 Å². The second-order valence-corrected chi connectivity index (χ2v) is 6.02. The molecule has 1 N–H and O–H groups in total. The average molecular weight is 281 g/mol.